The molecule has 8 nitrogen and oxygen atoms in total. The summed E-state index contributed by atoms with van der Waals surface area (Å²) < 4.78 is 11.5. The number of hydrogen-bond acceptors (Lipinski definition) is 7. The van der Waals surface area contributed by atoms with Crippen molar-refractivity contribution in [1.82, 2.24) is 9.97 Å². The Morgan fingerprint density at radius 3 is 2.68 bits per heavy atom. The van der Waals surface area contributed by atoms with E-state index in [0.717, 1.165) is 54.9 Å². The molecule has 0 amide bonds. The van der Waals surface area contributed by atoms with Gasteiger partial charge in [0.05, 0.1) is 48.6 Å². The number of aliphatic carboxylic acids is 1. The second kappa shape index (κ2) is 11.5. The molecule has 1 aliphatic carbocycles. The molecule has 2 fully saturated rings. The monoisotopic (exact) mass is 468 g/mol. The molecule has 2 unspecified atom stereocenters. The van der Waals surface area contributed by atoms with Crippen molar-refractivity contribution in [3.63, 3.8) is 0 Å². The second-order valence-electron chi connectivity index (χ2n) is 9.41. The van der Waals surface area contributed by atoms with Gasteiger partial charge in [-0.05, 0) is 68.1 Å². The van der Waals surface area contributed by atoms with Crippen molar-refractivity contribution in [3.8, 4) is 6.01 Å². The summed E-state index contributed by atoms with van der Waals surface area (Å²) in [5.74, 6) is -0.187. The molecule has 4 rings (SSSR count). The van der Waals surface area contributed by atoms with Crippen LogP contribution in [0, 0.1) is 5.92 Å². The zero-order valence-electron chi connectivity index (χ0n) is 20.1. The quantitative estimate of drug-likeness (QED) is 0.383. The Hall–Kier alpha value is -2.87. The van der Waals surface area contributed by atoms with Gasteiger partial charge in [-0.3, -0.25) is 4.79 Å². The molecule has 3 atom stereocenters. The average Bonchev–Trinajstić information content (AvgIpc) is 3.68. The number of carboxylic acids is 1. The molecule has 184 valence electrons. The summed E-state index contributed by atoms with van der Waals surface area (Å²) >= 11 is 0. The predicted octanol–water partition coefficient (Wildman–Crippen LogP) is 5.35. The second-order valence-corrected chi connectivity index (χ2v) is 9.41. The average molecular weight is 469 g/mol. The Kier molecular flexibility index (Phi) is 8.21. The lowest BCUT2D eigenvalue weighted by Gasteiger charge is -2.31. The molecule has 0 spiro atoms. The molecule has 1 aliphatic heterocycles. The lowest BCUT2D eigenvalue weighted by atomic mass is 9.92. The number of benzene rings is 1. The highest BCUT2D eigenvalue weighted by atomic mass is 16.5. The molecule has 3 N–H and O–H groups in total. The number of nitrogens with one attached hydrogen (secondary N) is 2. The summed E-state index contributed by atoms with van der Waals surface area (Å²) in [7, 11) is 0. The van der Waals surface area contributed by atoms with Crippen LogP contribution in [0.1, 0.15) is 70.3 Å². The molecule has 8 heteroatoms. The van der Waals surface area contributed by atoms with Gasteiger partial charge in [-0.1, -0.05) is 19.9 Å². The van der Waals surface area contributed by atoms with Gasteiger partial charge in [-0.25, -0.2) is 9.97 Å². The van der Waals surface area contributed by atoms with Crippen LogP contribution in [0.25, 0.3) is 0 Å². The van der Waals surface area contributed by atoms with Gasteiger partial charge in [0.1, 0.15) is 0 Å². The Balaban J connectivity index is 1.53. The number of ether oxygens (including phenoxy) is 2. The van der Waals surface area contributed by atoms with Crippen molar-refractivity contribution in [3.05, 3.63) is 36.2 Å². The predicted molar refractivity (Wildman–Crippen MR) is 132 cm³/mol. The summed E-state index contributed by atoms with van der Waals surface area (Å²) in [5.41, 5.74) is 3.62. The van der Waals surface area contributed by atoms with E-state index in [4.69, 9.17) is 9.47 Å². The number of hydrogen-bond donors (Lipinski definition) is 3. The van der Waals surface area contributed by atoms with E-state index < -0.39 is 5.97 Å². The molecular weight excluding hydrogens is 432 g/mol. The highest BCUT2D eigenvalue weighted by Gasteiger charge is 2.24. The van der Waals surface area contributed by atoms with Crippen LogP contribution in [-0.4, -0.2) is 46.4 Å². The zero-order valence-corrected chi connectivity index (χ0v) is 20.1. The Morgan fingerprint density at radius 1 is 1.21 bits per heavy atom. The molecule has 1 saturated heterocycles. The fourth-order valence-electron chi connectivity index (χ4n) is 4.36. The molecule has 0 bridgehead atoms. The largest absolute Gasteiger partial charge is 0.481 e. The number of nitrogens with zero attached hydrogens (tertiary/aromatic N) is 2. The number of carboxylic acid groups (broad SMARTS) is 1. The number of aromatic nitrogens is 2. The van der Waals surface area contributed by atoms with Crippen molar-refractivity contribution in [2.24, 2.45) is 5.92 Å². The maximum absolute atomic E-state index is 11.4. The van der Waals surface area contributed by atoms with E-state index in [0.29, 0.717) is 24.6 Å². The summed E-state index contributed by atoms with van der Waals surface area (Å²) in [6.45, 7) is 5.60. The number of anilines is 3. The van der Waals surface area contributed by atoms with Crippen LogP contribution in [0.4, 0.5) is 17.1 Å². The maximum atomic E-state index is 11.4. The van der Waals surface area contributed by atoms with Gasteiger partial charge < -0.3 is 25.2 Å². The lowest BCUT2D eigenvalue weighted by Crippen LogP contribution is -2.33. The standard InChI is InChI=1S/C26H36N4O4/c1-3-18(12-25(31)32)19-7-8-23(29-20-9-10-33-22(4-2)13-20)24(11-19)30-21-14-27-26(28-15-21)34-16-17-5-6-17/h7-8,11,14-15,17-18,20,22,29-30H,3-6,9-10,12-13,16H2,1-2H3,(H,31,32)/t18?,20?,22-/m1/s1. The van der Waals surface area contributed by atoms with Crippen LogP contribution < -0.4 is 15.4 Å². The van der Waals surface area contributed by atoms with E-state index in [1.165, 1.54) is 12.8 Å². The van der Waals surface area contributed by atoms with Gasteiger partial charge in [0, 0.05) is 12.6 Å². The molecule has 2 aromatic rings. The summed E-state index contributed by atoms with van der Waals surface area (Å²) in [6.07, 6.45) is 9.94. The molecule has 1 saturated carbocycles. The zero-order chi connectivity index (χ0) is 23.9. The minimum absolute atomic E-state index is 0.0471. The third-order valence-electron chi connectivity index (χ3n) is 6.66. The summed E-state index contributed by atoms with van der Waals surface area (Å²) in [4.78, 5) is 20.1. The Morgan fingerprint density at radius 2 is 2.00 bits per heavy atom. The van der Waals surface area contributed by atoms with E-state index in [2.05, 4.69) is 27.5 Å². The lowest BCUT2D eigenvalue weighted by molar-refractivity contribution is -0.137. The smallest absolute Gasteiger partial charge is 0.316 e. The third kappa shape index (κ3) is 6.82. The van der Waals surface area contributed by atoms with E-state index in [-0.39, 0.29) is 18.4 Å². The number of rotatable bonds is 12. The molecule has 1 aromatic heterocycles. The highest BCUT2D eigenvalue weighted by Crippen LogP contribution is 2.34. The summed E-state index contributed by atoms with van der Waals surface area (Å²) in [6, 6.07) is 6.84. The van der Waals surface area contributed by atoms with E-state index in [9.17, 15) is 9.90 Å². The van der Waals surface area contributed by atoms with Crippen molar-refractivity contribution in [1.29, 1.82) is 0 Å². The van der Waals surface area contributed by atoms with Crippen LogP contribution >= 0.6 is 0 Å². The molecule has 2 aliphatic rings. The Bertz CT molecular complexity index is 948. The van der Waals surface area contributed by atoms with Gasteiger partial charge >= 0.3 is 12.0 Å². The van der Waals surface area contributed by atoms with Gasteiger partial charge in [0.25, 0.3) is 0 Å². The van der Waals surface area contributed by atoms with Gasteiger partial charge in [0.2, 0.25) is 0 Å². The molecule has 34 heavy (non-hydrogen) atoms. The molecule has 2 heterocycles. The van der Waals surface area contributed by atoms with Gasteiger partial charge in [-0.15, -0.1) is 0 Å². The van der Waals surface area contributed by atoms with E-state index in [1.807, 2.05) is 25.1 Å². The van der Waals surface area contributed by atoms with Gasteiger partial charge in [0.15, 0.2) is 0 Å². The minimum atomic E-state index is -0.786. The van der Waals surface area contributed by atoms with Gasteiger partial charge in [-0.2, -0.15) is 0 Å². The Labute approximate surface area is 201 Å². The first-order valence-corrected chi connectivity index (χ1v) is 12.5. The van der Waals surface area contributed by atoms with Crippen LogP contribution in [-0.2, 0) is 9.53 Å². The first-order chi connectivity index (χ1) is 16.5. The van der Waals surface area contributed by atoms with Crippen LogP contribution in [0.2, 0.25) is 0 Å². The van der Waals surface area contributed by atoms with Crippen molar-refractivity contribution < 1.29 is 19.4 Å². The van der Waals surface area contributed by atoms with Crippen LogP contribution in [0.15, 0.2) is 30.6 Å². The summed E-state index contributed by atoms with van der Waals surface area (Å²) in [5, 5.41) is 16.5. The number of carbonyl (C=O) groups is 1. The molecule has 1 aromatic carbocycles. The normalized spacial score (nSPS) is 21.0. The fraction of sp³-hybridized carbons (Fsp3) is 0.577. The fourth-order valence-corrected chi connectivity index (χ4v) is 4.36. The first kappa shape index (κ1) is 24.3. The highest BCUT2D eigenvalue weighted by molar-refractivity contribution is 5.76. The van der Waals surface area contributed by atoms with Crippen molar-refractivity contribution in [2.45, 2.75) is 76.9 Å². The van der Waals surface area contributed by atoms with E-state index >= 15 is 0 Å². The molecule has 0 radical (unpaired) electrons. The SMILES string of the molecule is CCC(CC(=O)O)c1ccc(NC2CCO[C@H](CC)C2)c(Nc2cnc(OCC3CC3)nc2)c1. The van der Waals surface area contributed by atoms with Crippen LogP contribution in [0.5, 0.6) is 6.01 Å². The maximum Gasteiger partial charge on any atom is 0.316 e. The van der Waals surface area contributed by atoms with Crippen molar-refractivity contribution in [2.75, 3.05) is 23.8 Å². The topological polar surface area (TPSA) is 106 Å². The van der Waals surface area contributed by atoms with E-state index in [1.54, 1.807) is 12.4 Å². The first-order valence-electron chi connectivity index (χ1n) is 12.5. The molecular formula is C26H36N4O4. The van der Waals surface area contributed by atoms with Crippen molar-refractivity contribution >= 4 is 23.0 Å². The third-order valence-corrected chi connectivity index (χ3v) is 6.66. The van der Waals surface area contributed by atoms with Crippen LogP contribution in [0.3, 0.4) is 0 Å². The minimum Gasteiger partial charge on any atom is -0.481 e.